The van der Waals surface area contributed by atoms with Crippen molar-refractivity contribution in [2.45, 2.75) is 50.8 Å². The molecule has 0 spiro atoms. The van der Waals surface area contributed by atoms with Gasteiger partial charge in [0.15, 0.2) is 0 Å². The average molecular weight is 218 g/mol. The second-order valence-corrected chi connectivity index (χ2v) is 3.58. The third-order valence-electron chi connectivity index (χ3n) is 2.30. The maximum absolute atomic E-state index is 10.5. The van der Waals surface area contributed by atoms with Gasteiger partial charge in [-0.15, -0.1) is 0 Å². The van der Waals surface area contributed by atoms with Gasteiger partial charge in [0.25, 0.3) is 0 Å². The van der Waals surface area contributed by atoms with Crippen LogP contribution < -0.4 is 0 Å². The zero-order chi connectivity index (χ0) is 11.7. The molecule has 0 fully saturated rings. The van der Waals surface area contributed by atoms with Gasteiger partial charge in [0.2, 0.25) is 0 Å². The number of aliphatic hydroxyl groups is 2. The lowest BCUT2D eigenvalue weighted by atomic mass is 9.99. The lowest BCUT2D eigenvalue weighted by molar-refractivity contribution is 0.148. The van der Waals surface area contributed by atoms with Crippen molar-refractivity contribution in [2.75, 3.05) is 6.61 Å². The molecule has 0 aliphatic heterocycles. The zero-order valence-corrected chi connectivity index (χ0v) is 8.87. The summed E-state index contributed by atoms with van der Waals surface area (Å²) >= 11 is 0. The molecule has 6 nitrogen and oxygen atoms in total. The highest BCUT2D eigenvalue weighted by Gasteiger charge is 2.27. The number of rotatable bonds is 9. The van der Waals surface area contributed by atoms with Gasteiger partial charge in [-0.3, -0.25) is 0 Å². The second kappa shape index (κ2) is 8.43. The number of nitroso groups, excluding NO2 is 2. The maximum atomic E-state index is 10.5. The van der Waals surface area contributed by atoms with Crippen molar-refractivity contribution in [3.63, 3.8) is 0 Å². The van der Waals surface area contributed by atoms with Gasteiger partial charge in [0.05, 0.1) is 6.10 Å². The van der Waals surface area contributed by atoms with Crippen LogP contribution in [0.5, 0.6) is 0 Å². The molecule has 88 valence electrons. The molecule has 0 saturated carbocycles. The van der Waals surface area contributed by atoms with Crippen molar-refractivity contribution in [2.24, 2.45) is 10.4 Å². The molecule has 3 atom stereocenters. The Morgan fingerprint density at radius 2 is 1.80 bits per heavy atom. The monoisotopic (exact) mass is 218 g/mol. The number of aliphatic hydroxyl groups excluding tert-OH is 2. The van der Waals surface area contributed by atoms with E-state index in [1.807, 2.05) is 0 Å². The highest BCUT2D eigenvalue weighted by molar-refractivity contribution is 4.85. The third-order valence-corrected chi connectivity index (χ3v) is 2.30. The summed E-state index contributed by atoms with van der Waals surface area (Å²) in [5, 5.41) is 23.2. The predicted molar refractivity (Wildman–Crippen MR) is 56.4 cm³/mol. The fourth-order valence-corrected chi connectivity index (χ4v) is 1.41. The molecule has 0 radical (unpaired) electrons. The third kappa shape index (κ3) is 5.54. The summed E-state index contributed by atoms with van der Waals surface area (Å²) in [5.74, 6) is 0. The number of hydrogen-bond donors (Lipinski definition) is 2. The molecule has 3 unspecified atom stereocenters. The summed E-state index contributed by atoms with van der Waals surface area (Å²) in [6.45, 7) is 1.53. The van der Waals surface area contributed by atoms with Crippen LogP contribution in [-0.4, -0.2) is 35.0 Å². The highest BCUT2D eigenvalue weighted by atomic mass is 16.3. The molecule has 0 aromatic heterocycles. The maximum Gasteiger partial charge on any atom is 0.143 e. The fraction of sp³-hybridized carbons (Fsp3) is 1.00. The van der Waals surface area contributed by atoms with E-state index < -0.39 is 18.2 Å². The van der Waals surface area contributed by atoms with E-state index in [0.717, 1.165) is 6.42 Å². The highest BCUT2D eigenvalue weighted by Crippen LogP contribution is 2.15. The van der Waals surface area contributed by atoms with Gasteiger partial charge in [0.1, 0.15) is 12.1 Å². The lowest BCUT2D eigenvalue weighted by Crippen LogP contribution is -2.32. The normalized spacial score (nSPS) is 16.7. The Hall–Kier alpha value is -0.880. The van der Waals surface area contributed by atoms with Crippen molar-refractivity contribution in [1.82, 2.24) is 0 Å². The molecule has 0 saturated heterocycles. The standard InChI is InChI=1S/C9H18N2O4/c1-7(13)9(11-15)8(10-14)5-3-2-4-6-12/h7-9,12-13H,2-6H2,1H3. The lowest BCUT2D eigenvalue weighted by Gasteiger charge is -2.17. The van der Waals surface area contributed by atoms with E-state index in [-0.39, 0.29) is 6.61 Å². The van der Waals surface area contributed by atoms with Crippen LogP contribution in [0.4, 0.5) is 0 Å². The Kier molecular flexibility index (Phi) is 7.94. The largest absolute Gasteiger partial charge is 0.396 e. The molecule has 15 heavy (non-hydrogen) atoms. The van der Waals surface area contributed by atoms with E-state index in [4.69, 9.17) is 5.11 Å². The number of unbranched alkanes of at least 4 members (excludes halogenated alkanes) is 2. The molecule has 2 N–H and O–H groups in total. The van der Waals surface area contributed by atoms with Crippen LogP contribution in [0.3, 0.4) is 0 Å². The molecule has 6 heteroatoms. The van der Waals surface area contributed by atoms with Crippen LogP contribution in [-0.2, 0) is 0 Å². The van der Waals surface area contributed by atoms with E-state index in [0.29, 0.717) is 19.3 Å². The molecule has 0 aromatic rings. The summed E-state index contributed by atoms with van der Waals surface area (Å²) in [7, 11) is 0. The van der Waals surface area contributed by atoms with Crippen molar-refractivity contribution in [1.29, 1.82) is 0 Å². The molecule has 0 aromatic carbocycles. The van der Waals surface area contributed by atoms with E-state index in [2.05, 4.69) is 10.4 Å². The van der Waals surface area contributed by atoms with Gasteiger partial charge in [-0.25, -0.2) is 0 Å². The van der Waals surface area contributed by atoms with Crippen molar-refractivity contribution < 1.29 is 10.2 Å². The Labute approximate surface area is 88.6 Å². The van der Waals surface area contributed by atoms with Crippen molar-refractivity contribution >= 4 is 0 Å². The molecule has 0 amide bonds. The zero-order valence-electron chi connectivity index (χ0n) is 8.87. The van der Waals surface area contributed by atoms with E-state index in [9.17, 15) is 14.9 Å². The van der Waals surface area contributed by atoms with Gasteiger partial charge >= 0.3 is 0 Å². The minimum atomic E-state index is -0.961. The predicted octanol–water partition coefficient (Wildman–Crippen LogP) is 1.19. The summed E-state index contributed by atoms with van der Waals surface area (Å²) in [4.78, 5) is 20.9. The van der Waals surface area contributed by atoms with Gasteiger partial charge in [0, 0.05) is 6.61 Å². The van der Waals surface area contributed by atoms with Gasteiger partial charge < -0.3 is 10.2 Å². The molecule has 0 heterocycles. The van der Waals surface area contributed by atoms with Crippen LogP contribution in [0, 0.1) is 9.81 Å². The summed E-state index contributed by atoms with van der Waals surface area (Å²) in [5.41, 5.74) is 0. The topological polar surface area (TPSA) is 99.3 Å². The molecule has 0 bridgehead atoms. The van der Waals surface area contributed by atoms with Crippen molar-refractivity contribution in [3.05, 3.63) is 9.81 Å². The Bertz CT molecular complexity index is 187. The second-order valence-electron chi connectivity index (χ2n) is 3.58. The molecule has 0 rings (SSSR count). The summed E-state index contributed by atoms with van der Waals surface area (Å²) in [6.07, 6.45) is 1.59. The smallest absolute Gasteiger partial charge is 0.143 e. The van der Waals surface area contributed by atoms with Crippen LogP contribution >= 0.6 is 0 Å². The van der Waals surface area contributed by atoms with Crippen molar-refractivity contribution in [3.8, 4) is 0 Å². The Morgan fingerprint density at radius 3 is 2.20 bits per heavy atom. The average Bonchev–Trinajstić information content (AvgIpc) is 2.22. The van der Waals surface area contributed by atoms with Gasteiger partial charge in [-0.05, 0) is 19.8 Å². The Morgan fingerprint density at radius 1 is 1.13 bits per heavy atom. The molecule has 0 aliphatic carbocycles. The number of hydrogen-bond acceptors (Lipinski definition) is 6. The van der Waals surface area contributed by atoms with Crippen LogP contribution in [0.1, 0.15) is 32.6 Å². The van der Waals surface area contributed by atoms with E-state index in [1.165, 1.54) is 6.92 Å². The van der Waals surface area contributed by atoms with Crippen LogP contribution in [0.25, 0.3) is 0 Å². The first kappa shape index (κ1) is 14.1. The first-order chi connectivity index (χ1) is 7.17. The van der Waals surface area contributed by atoms with E-state index >= 15 is 0 Å². The minimum Gasteiger partial charge on any atom is -0.396 e. The van der Waals surface area contributed by atoms with Crippen LogP contribution in [0.2, 0.25) is 0 Å². The van der Waals surface area contributed by atoms with Gasteiger partial charge in [-0.1, -0.05) is 23.2 Å². The number of nitrogens with zero attached hydrogens (tertiary/aromatic N) is 2. The molecular weight excluding hydrogens is 200 g/mol. The Balaban J connectivity index is 3.98. The summed E-state index contributed by atoms with van der Waals surface area (Å²) < 4.78 is 0. The molecular formula is C9H18N2O4. The fourth-order valence-electron chi connectivity index (χ4n) is 1.41. The first-order valence-electron chi connectivity index (χ1n) is 5.11. The van der Waals surface area contributed by atoms with Crippen LogP contribution in [0.15, 0.2) is 10.4 Å². The minimum absolute atomic E-state index is 0.116. The first-order valence-corrected chi connectivity index (χ1v) is 5.11. The molecule has 0 aliphatic rings. The SMILES string of the molecule is CC(O)C(N=O)C(CCCCCO)N=O. The summed E-state index contributed by atoms with van der Waals surface area (Å²) in [6, 6.07) is -1.72. The van der Waals surface area contributed by atoms with Gasteiger partial charge in [-0.2, -0.15) is 9.81 Å². The quantitative estimate of drug-likeness (QED) is 0.448. The van der Waals surface area contributed by atoms with E-state index in [1.54, 1.807) is 0 Å².